The molecule has 12 unspecified atom stereocenters. The number of carbonyl (C=O) groups excluding carboxylic acids is 4. The van der Waals surface area contributed by atoms with Gasteiger partial charge in [-0.2, -0.15) is 0 Å². The van der Waals surface area contributed by atoms with Crippen molar-refractivity contribution in [3.63, 3.8) is 0 Å². The molecule has 0 saturated carbocycles. The second-order valence-corrected chi connectivity index (χ2v) is 24.0. The van der Waals surface area contributed by atoms with Crippen LogP contribution in [0.2, 0.25) is 0 Å². The molecule has 19 heteroatoms. The van der Waals surface area contributed by atoms with Crippen LogP contribution in [0.1, 0.15) is 190 Å². The summed E-state index contributed by atoms with van der Waals surface area (Å²) >= 11 is 0. The van der Waals surface area contributed by atoms with Crippen LogP contribution in [0, 0.1) is 23.7 Å². The molecule has 12 atom stereocenters. The second-order valence-electron chi connectivity index (χ2n) is 24.0. The molecule has 0 amide bonds. The first-order valence-electron chi connectivity index (χ1n) is 28.3. The van der Waals surface area contributed by atoms with Crippen LogP contribution in [0.25, 0.3) is 0 Å². The molecule has 0 spiro atoms. The number of carbonyl (C=O) groups is 4. The molecule has 19 nitrogen and oxygen atoms in total. The Hall–Kier alpha value is -2.40. The maximum absolute atomic E-state index is 11.8. The second kappa shape index (κ2) is 28.8. The third-order valence-electron chi connectivity index (χ3n) is 13.7. The third kappa shape index (κ3) is 20.6. The van der Waals surface area contributed by atoms with Crippen molar-refractivity contribution < 1.29 is 91.7 Å². The Kier molecular flexibility index (Phi) is 25.1. The Labute approximate surface area is 456 Å². The van der Waals surface area contributed by atoms with E-state index in [1.807, 2.05) is 41.5 Å². The summed E-state index contributed by atoms with van der Waals surface area (Å²) < 4.78 is 90.4. The molecule has 0 aromatic rings. The van der Waals surface area contributed by atoms with Gasteiger partial charge < -0.3 is 75.8 Å². The van der Waals surface area contributed by atoms with Crippen LogP contribution >= 0.6 is 0 Å². The monoisotopic (exact) mass is 1090 g/mol. The summed E-state index contributed by atoms with van der Waals surface area (Å²) in [6, 6.07) is 0. The van der Waals surface area contributed by atoms with Gasteiger partial charge in [-0.3, -0.25) is 14.4 Å². The SMILES string of the molecule is CC(C)CC1(C)OCC(C2OC(C)(CC(C)C)OC2C2COC(C)(CC(C)C)O2)O1.CCOC(=O)CCC(C)=O.CCOC(=O)CCC1(C)OCC(C2OC(C)(CC(C)C)OC2C2COC(C)(CCC(=O)OCC)O2)O1.[H+]. The molecule has 0 aliphatic carbocycles. The van der Waals surface area contributed by atoms with E-state index in [-0.39, 0.29) is 68.8 Å². The fourth-order valence-electron chi connectivity index (χ4n) is 11.1. The van der Waals surface area contributed by atoms with E-state index in [0.29, 0.717) is 95.6 Å². The minimum Gasteiger partial charge on any atom is -0.466 e. The third-order valence-corrected chi connectivity index (χ3v) is 13.7. The summed E-state index contributed by atoms with van der Waals surface area (Å²) in [6.45, 7) is 38.4. The van der Waals surface area contributed by atoms with E-state index in [1.165, 1.54) is 6.92 Å². The first-order valence-corrected chi connectivity index (χ1v) is 28.3. The van der Waals surface area contributed by atoms with Crippen LogP contribution in [0.15, 0.2) is 0 Å². The summed E-state index contributed by atoms with van der Waals surface area (Å²) in [6.07, 6.45) is 2.24. The van der Waals surface area contributed by atoms with Crippen molar-refractivity contribution in [1.82, 2.24) is 0 Å². The number of rotatable bonds is 24. The maximum atomic E-state index is 11.8. The van der Waals surface area contributed by atoms with Crippen molar-refractivity contribution in [2.45, 2.75) is 272 Å². The predicted molar refractivity (Wildman–Crippen MR) is 280 cm³/mol. The number of ketones is 1. The predicted octanol–water partition coefficient (Wildman–Crippen LogP) is 9.40. The highest BCUT2D eigenvalue weighted by Gasteiger charge is 2.59. The normalized spacial score (nSPS) is 37.1. The maximum Gasteiger partial charge on any atom is 1.00 e. The van der Waals surface area contributed by atoms with Crippen LogP contribution in [0.3, 0.4) is 0 Å². The summed E-state index contributed by atoms with van der Waals surface area (Å²) in [4.78, 5) is 44.6. The van der Waals surface area contributed by atoms with E-state index in [1.54, 1.807) is 20.8 Å². The van der Waals surface area contributed by atoms with E-state index >= 15 is 0 Å². The first kappa shape index (κ1) is 66.1. The highest BCUT2D eigenvalue weighted by Crippen LogP contribution is 2.46. The van der Waals surface area contributed by atoms with Crippen LogP contribution in [0.5, 0.6) is 0 Å². The summed E-state index contributed by atoms with van der Waals surface area (Å²) in [5, 5.41) is 0. The zero-order valence-electron chi connectivity index (χ0n) is 50.7. The average Bonchev–Trinajstić information content (AvgIpc) is 4.16. The van der Waals surface area contributed by atoms with Crippen molar-refractivity contribution >= 4 is 23.7 Å². The Morgan fingerprint density at radius 2 is 0.645 bits per heavy atom. The van der Waals surface area contributed by atoms with Gasteiger partial charge in [-0.25, -0.2) is 0 Å². The number of hydrogen-bond donors (Lipinski definition) is 0. The molecule has 0 aromatic carbocycles. The summed E-state index contributed by atoms with van der Waals surface area (Å²) in [5.74, 6) is -3.56. The van der Waals surface area contributed by atoms with E-state index < -0.39 is 59.1 Å². The topological polar surface area (TPSA) is 207 Å². The van der Waals surface area contributed by atoms with Crippen LogP contribution in [0.4, 0.5) is 0 Å². The molecule has 6 aliphatic rings. The molecule has 76 heavy (non-hydrogen) atoms. The van der Waals surface area contributed by atoms with Gasteiger partial charge in [0, 0.05) is 44.9 Å². The molecule has 0 N–H and O–H groups in total. The quantitative estimate of drug-likeness (QED) is 0.0651. The van der Waals surface area contributed by atoms with E-state index in [0.717, 1.165) is 19.3 Å². The van der Waals surface area contributed by atoms with Gasteiger partial charge in [-0.1, -0.05) is 55.4 Å². The number of Topliss-reactive ketones (excluding diaryl/α,β-unsaturated/α-hetero) is 1. The van der Waals surface area contributed by atoms with Gasteiger partial charge in [-0.05, 0) is 92.9 Å². The molecule has 442 valence electrons. The van der Waals surface area contributed by atoms with Crippen molar-refractivity contribution in [2.24, 2.45) is 23.7 Å². The number of hydrogen-bond acceptors (Lipinski definition) is 19. The van der Waals surface area contributed by atoms with Crippen molar-refractivity contribution in [3.05, 3.63) is 0 Å². The standard InChI is InChI=1S/C26H44O10.C24H44O6.C7H12O3/c1-8-29-20(27)10-12-24(5)31-15-18(33-24)22-23(36-26(7,35-22)14-17(3)4)19-16-32-25(6,34-19)13-11-21(28)30-9-2;1-15(2)10-22(7)25-13-18(27-22)20-21(30-24(9,29-20)12-17(5)6)19-14-26-23(8,28-19)11-16(3)4;1-3-10-7(9)5-4-6(2)8/h17-19,22-23H,8-16H2,1-7H3;15-21H,10-14H2,1-9H3;3-5H2,1-2H3/p+1. The highest BCUT2D eigenvalue weighted by molar-refractivity contribution is 5.80. The zero-order valence-corrected chi connectivity index (χ0v) is 49.7. The van der Waals surface area contributed by atoms with Crippen molar-refractivity contribution in [2.75, 3.05) is 46.2 Å². The summed E-state index contributed by atoms with van der Waals surface area (Å²) in [7, 11) is 0. The molecule has 0 bridgehead atoms. The van der Waals surface area contributed by atoms with Crippen molar-refractivity contribution in [3.8, 4) is 0 Å². The van der Waals surface area contributed by atoms with E-state index in [4.69, 9.17) is 66.3 Å². The fraction of sp³-hybridized carbons (Fsp3) is 0.930. The van der Waals surface area contributed by atoms with Gasteiger partial charge in [0.15, 0.2) is 34.7 Å². The molecule has 6 aliphatic heterocycles. The van der Waals surface area contributed by atoms with Crippen LogP contribution < -0.4 is 0 Å². The molecule has 0 aromatic heterocycles. The Morgan fingerprint density at radius 1 is 0.395 bits per heavy atom. The van der Waals surface area contributed by atoms with Gasteiger partial charge in [0.25, 0.3) is 0 Å². The molecule has 6 saturated heterocycles. The molecule has 6 heterocycles. The zero-order chi connectivity index (χ0) is 56.9. The van der Waals surface area contributed by atoms with Gasteiger partial charge in [0.1, 0.15) is 54.6 Å². The van der Waals surface area contributed by atoms with Crippen molar-refractivity contribution in [1.29, 1.82) is 0 Å². The molecular weight excluding hydrogens is 989 g/mol. The van der Waals surface area contributed by atoms with E-state index in [9.17, 15) is 19.2 Å². The highest BCUT2D eigenvalue weighted by atomic mass is 16.8. The van der Waals surface area contributed by atoms with Gasteiger partial charge >= 0.3 is 19.3 Å². The largest absolute Gasteiger partial charge is 1.00 e. The smallest absolute Gasteiger partial charge is 0.466 e. The summed E-state index contributed by atoms with van der Waals surface area (Å²) in [5.41, 5.74) is 0. The van der Waals surface area contributed by atoms with Gasteiger partial charge in [-0.15, -0.1) is 0 Å². The number of ether oxygens (including phenoxy) is 15. The fourth-order valence-corrected chi connectivity index (χ4v) is 11.1. The number of esters is 3. The lowest BCUT2D eigenvalue weighted by Crippen LogP contribution is -2.45. The molecule has 0 radical (unpaired) electrons. The molecule has 6 rings (SSSR count). The van der Waals surface area contributed by atoms with Crippen LogP contribution in [-0.4, -0.2) is 153 Å². The first-order chi connectivity index (χ1) is 35.4. The minimum absolute atomic E-state index is 0. The van der Waals surface area contributed by atoms with Gasteiger partial charge in [0.2, 0.25) is 0 Å². The lowest BCUT2D eigenvalue weighted by molar-refractivity contribution is -0.201. The lowest BCUT2D eigenvalue weighted by Gasteiger charge is -2.30. The Bertz CT molecular complexity index is 1740. The Balaban J connectivity index is 0.000000344. The average molecular weight is 1090 g/mol. The van der Waals surface area contributed by atoms with E-state index in [2.05, 4.69) is 60.1 Å². The molecular formula is C57H101O19+. The van der Waals surface area contributed by atoms with Crippen LogP contribution in [-0.2, 0) is 90.2 Å². The minimum atomic E-state index is -0.927. The lowest BCUT2D eigenvalue weighted by atomic mass is 10.0. The molecule has 6 fully saturated rings. The van der Waals surface area contributed by atoms with Gasteiger partial charge in [0.05, 0.1) is 65.5 Å². The Morgan fingerprint density at radius 3 is 0.908 bits per heavy atom.